The molecule has 0 fully saturated rings. The van der Waals surface area contributed by atoms with Crippen LogP contribution in [0.5, 0.6) is 0 Å². The van der Waals surface area contributed by atoms with Gasteiger partial charge in [-0.1, -0.05) is 44.2 Å². The fourth-order valence-corrected chi connectivity index (χ4v) is 11.0. The molecule has 324 valence electrons. The van der Waals surface area contributed by atoms with Gasteiger partial charge in [-0.3, -0.25) is 0 Å². The topological polar surface area (TPSA) is 235 Å². The van der Waals surface area contributed by atoms with Crippen molar-refractivity contribution in [3.8, 4) is 0 Å². The number of anilines is 1. The van der Waals surface area contributed by atoms with Crippen molar-refractivity contribution in [2.45, 2.75) is 74.5 Å². The van der Waals surface area contributed by atoms with E-state index in [2.05, 4.69) is 0 Å². The first kappa shape index (κ1) is 44.5. The summed E-state index contributed by atoms with van der Waals surface area (Å²) in [5.41, 5.74) is 5.74. The van der Waals surface area contributed by atoms with Crippen LogP contribution in [0, 0.1) is 0 Å². The highest BCUT2D eigenvalue weighted by atomic mass is 32.2. The molecular weight excluding hydrogens is 865 g/mol. The van der Waals surface area contributed by atoms with Crippen LogP contribution in [0.4, 0.5) is 11.4 Å². The van der Waals surface area contributed by atoms with Gasteiger partial charge in [-0.15, -0.1) is 0 Å². The second kappa shape index (κ2) is 15.4. The molecule has 0 radical (unpaired) electrons. The lowest BCUT2D eigenvalue weighted by Gasteiger charge is -2.28. The average Bonchev–Trinajstić information content (AvgIpc) is 3.51. The maximum Gasteiger partial charge on any atom is 0.210 e. The quantitative estimate of drug-likeness (QED) is 0.125. The Morgan fingerprint density at radius 2 is 1.25 bits per heavy atom. The summed E-state index contributed by atoms with van der Waals surface area (Å²) < 4.78 is 144. The lowest BCUT2D eigenvalue weighted by molar-refractivity contribution is -0.432. The monoisotopic (exact) mass is 907 g/mol. The van der Waals surface area contributed by atoms with Crippen molar-refractivity contribution in [2.75, 3.05) is 29.5 Å². The Kier molecular flexibility index (Phi) is 11.2. The van der Waals surface area contributed by atoms with E-state index >= 15 is 0 Å². The highest BCUT2D eigenvalue weighted by molar-refractivity contribution is 7.86. The lowest BCUT2D eigenvalue weighted by Crippen LogP contribution is -2.30. The molecule has 0 atom stereocenters. The third-order valence-electron chi connectivity index (χ3n) is 12.1. The van der Waals surface area contributed by atoms with Gasteiger partial charge in [0.15, 0.2) is 12.3 Å². The van der Waals surface area contributed by atoms with Gasteiger partial charge in [0.05, 0.1) is 36.8 Å². The molecule has 4 aromatic carbocycles. The maximum atomic E-state index is 11.9. The molecule has 0 amide bonds. The smallest absolute Gasteiger partial charge is 0.210 e. The van der Waals surface area contributed by atoms with Crippen molar-refractivity contribution in [2.24, 2.45) is 0 Å². The second-order valence-corrected chi connectivity index (χ2v) is 22.4. The summed E-state index contributed by atoms with van der Waals surface area (Å²) in [4.78, 5) is 1.04. The predicted octanol–water partition coefficient (Wildman–Crippen LogP) is 5.93. The van der Waals surface area contributed by atoms with Crippen LogP contribution in [-0.2, 0) is 51.3 Å². The molecule has 0 spiro atoms. The molecule has 0 N–H and O–H groups in total. The van der Waals surface area contributed by atoms with Gasteiger partial charge in [0, 0.05) is 41.1 Å². The standard InChI is InChI=1S/C43H46N2O12S4/c1-27-28(11-19-38-42(2,3)40-34-15-13-32(60(52,53)54)25-30(34)9-17-36(40)44(38)21-23-58(46,47)48)7-6-8-29(27)12-20-39-43(4,5)41-35-16-14-33(61(55,56)57)26-31(35)10-18-37(41)45(39)22-24-59(49,50)51/h9-20,25-26H,6-8,21-24H2,1-5H3,(H3-,46,47,48,49,50,51,52,53,54,55,56,57)/p-3. The van der Waals surface area contributed by atoms with Crippen molar-refractivity contribution < 1.29 is 56.5 Å². The second-order valence-electron chi connectivity index (χ2n) is 16.6. The van der Waals surface area contributed by atoms with Gasteiger partial charge < -0.3 is 23.1 Å². The Morgan fingerprint density at radius 3 is 1.82 bits per heavy atom. The summed E-state index contributed by atoms with van der Waals surface area (Å²) in [5, 5.41) is 2.37. The van der Waals surface area contributed by atoms with Crippen molar-refractivity contribution in [1.29, 1.82) is 0 Å². The van der Waals surface area contributed by atoms with Crippen LogP contribution < -0.4 is 4.90 Å². The minimum Gasteiger partial charge on any atom is -0.748 e. The van der Waals surface area contributed by atoms with Gasteiger partial charge in [0.25, 0.3) is 0 Å². The van der Waals surface area contributed by atoms with Crippen LogP contribution in [0.2, 0.25) is 0 Å². The van der Waals surface area contributed by atoms with Crippen molar-refractivity contribution in [1.82, 2.24) is 0 Å². The Bertz CT molecular complexity index is 3180. The van der Waals surface area contributed by atoms with Crippen molar-refractivity contribution >= 4 is 79.1 Å². The van der Waals surface area contributed by atoms with E-state index in [0.717, 1.165) is 47.1 Å². The van der Waals surface area contributed by atoms with E-state index in [-0.39, 0.29) is 22.9 Å². The van der Waals surface area contributed by atoms with E-state index in [0.29, 0.717) is 44.3 Å². The molecule has 0 saturated heterocycles. The van der Waals surface area contributed by atoms with E-state index in [9.17, 15) is 51.9 Å². The molecule has 0 saturated carbocycles. The highest BCUT2D eigenvalue weighted by Crippen LogP contribution is 2.51. The Labute approximate surface area is 356 Å². The largest absolute Gasteiger partial charge is 0.748 e. The first-order valence-electron chi connectivity index (χ1n) is 19.3. The van der Waals surface area contributed by atoms with Crippen LogP contribution >= 0.6 is 0 Å². The van der Waals surface area contributed by atoms with Crippen LogP contribution in [0.3, 0.4) is 0 Å². The number of rotatable bonds is 11. The number of allylic oxidation sites excluding steroid dienone is 8. The predicted molar refractivity (Wildman–Crippen MR) is 228 cm³/mol. The SMILES string of the molecule is CC1=C(/C=C/C2=[N+](CCS(=O)(=O)[O-])c3ccc4cc(S(=O)(=O)[O-])ccc4c3C2(C)C)CCC/C1=C\C=C1/N(CCS(=O)(=O)[O-])c2ccc3cc(S(=O)(=O)[O-])ccc3c2C1(C)C. The number of fused-ring (bicyclic) bond motifs is 6. The normalized spacial score (nSPS) is 19.6. The summed E-state index contributed by atoms with van der Waals surface area (Å²) in [6.45, 7) is 9.54. The van der Waals surface area contributed by atoms with Crippen LogP contribution in [0.25, 0.3) is 21.5 Å². The molecule has 1 aliphatic carbocycles. The Hall–Kier alpha value is -4.53. The first-order valence-corrected chi connectivity index (χ1v) is 25.3. The van der Waals surface area contributed by atoms with E-state index in [1.54, 1.807) is 45.9 Å². The molecule has 3 aliphatic rings. The fourth-order valence-electron chi connectivity index (χ4n) is 9.17. The molecule has 2 heterocycles. The van der Waals surface area contributed by atoms with Crippen molar-refractivity contribution in [3.05, 3.63) is 119 Å². The molecule has 4 aromatic rings. The summed E-state index contributed by atoms with van der Waals surface area (Å²) >= 11 is 0. The van der Waals surface area contributed by atoms with Gasteiger partial charge in [-0.05, 0) is 126 Å². The summed E-state index contributed by atoms with van der Waals surface area (Å²) in [7, 11) is -18.6. The highest BCUT2D eigenvalue weighted by Gasteiger charge is 2.46. The van der Waals surface area contributed by atoms with E-state index in [4.69, 9.17) is 0 Å². The summed E-state index contributed by atoms with van der Waals surface area (Å²) in [6, 6.07) is 15.0. The van der Waals surface area contributed by atoms with E-state index in [1.165, 1.54) is 24.3 Å². The van der Waals surface area contributed by atoms with E-state index in [1.807, 2.05) is 58.9 Å². The van der Waals surface area contributed by atoms with Gasteiger partial charge in [-0.25, -0.2) is 33.7 Å². The van der Waals surface area contributed by atoms with Gasteiger partial charge >= 0.3 is 0 Å². The van der Waals surface area contributed by atoms with E-state index < -0.39 is 62.8 Å². The molecule has 18 heteroatoms. The van der Waals surface area contributed by atoms with Crippen LogP contribution in [0.15, 0.2) is 117 Å². The molecule has 7 rings (SSSR count). The number of nitrogens with zero attached hydrogens (tertiary/aromatic N) is 2. The fraction of sp³-hybridized carbons (Fsp3) is 0.326. The molecule has 14 nitrogen and oxygen atoms in total. The minimum absolute atomic E-state index is 0.131. The zero-order chi connectivity index (χ0) is 44.7. The molecule has 0 aromatic heterocycles. The third-order valence-corrected chi connectivity index (χ3v) is 15.1. The Balaban J connectivity index is 1.29. The third kappa shape index (κ3) is 8.64. The molecular formula is C43H43N2O12S4-3. The summed E-state index contributed by atoms with van der Waals surface area (Å²) in [6.07, 6.45) is 10.0. The minimum atomic E-state index is -4.72. The molecule has 0 bridgehead atoms. The zero-order valence-electron chi connectivity index (χ0n) is 34.0. The van der Waals surface area contributed by atoms with Crippen LogP contribution in [0.1, 0.15) is 65.0 Å². The lowest BCUT2D eigenvalue weighted by atomic mass is 9.78. The number of benzene rings is 4. The Morgan fingerprint density at radius 1 is 0.672 bits per heavy atom. The molecule has 0 unspecified atom stereocenters. The van der Waals surface area contributed by atoms with Gasteiger partial charge in [-0.2, -0.15) is 4.58 Å². The van der Waals surface area contributed by atoms with Crippen LogP contribution in [-0.4, -0.2) is 86.8 Å². The maximum absolute atomic E-state index is 11.9. The van der Waals surface area contributed by atoms with Gasteiger partial charge in [0.1, 0.15) is 30.4 Å². The number of hydrogen-bond donors (Lipinski definition) is 0. The molecule has 2 aliphatic heterocycles. The number of hydrogen-bond acceptors (Lipinski definition) is 13. The summed E-state index contributed by atoms with van der Waals surface area (Å²) in [5.74, 6) is -1.32. The first-order chi connectivity index (χ1) is 28.2. The average molecular weight is 908 g/mol. The van der Waals surface area contributed by atoms with Crippen molar-refractivity contribution in [3.63, 3.8) is 0 Å². The zero-order valence-corrected chi connectivity index (χ0v) is 37.2. The van der Waals surface area contributed by atoms with Gasteiger partial charge in [0.2, 0.25) is 5.69 Å². The molecule has 61 heavy (non-hydrogen) atoms.